The molecule has 0 heterocycles. The van der Waals surface area contributed by atoms with E-state index in [0.717, 1.165) is 0 Å². The van der Waals surface area contributed by atoms with Crippen LogP contribution < -0.4 is 16.0 Å². The molecular formula is C30H33N3O8. The zero-order valence-electron chi connectivity index (χ0n) is 22.8. The molecule has 0 bridgehead atoms. The Labute approximate surface area is 236 Å². The minimum Gasteiger partial charge on any atom is -0.508 e. The Hall–Kier alpha value is -4.22. The number of rotatable bonds is 7. The van der Waals surface area contributed by atoms with Crippen molar-refractivity contribution in [2.75, 3.05) is 30.9 Å². The topological polar surface area (TPSA) is 190 Å². The summed E-state index contributed by atoms with van der Waals surface area (Å²) in [6, 6.07) is 10.5. The average molecular weight is 564 g/mol. The summed E-state index contributed by atoms with van der Waals surface area (Å²) in [5, 5.41) is 47.5. The van der Waals surface area contributed by atoms with Gasteiger partial charge in [0.1, 0.15) is 17.4 Å². The van der Waals surface area contributed by atoms with Gasteiger partial charge in [-0.05, 0) is 36.8 Å². The third-order valence-electron chi connectivity index (χ3n) is 8.61. The molecule has 11 heteroatoms. The first-order valence-corrected chi connectivity index (χ1v) is 13.5. The summed E-state index contributed by atoms with van der Waals surface area (Å²) >= 11 is 0. The van der Waals surface area contributed by atoms with Crippen molar-refractivity contribution in [3.05, 3.63) is 64.4 Å². The number of carbonyl (C=O) groups is 4. The number of aromatic hydroxyl groups is 1. The van der Waals surface area contributed by atoms with Crippen LogP contribution in [0.2, 0.25) is 0 Å². The van der Waals surface area contributed by atoms with Gasteiger partial charge in [-0.1, -0.05) is 30.3 Å². The van der Waals surface area contributed by atoms with Crippen molar-refractivity contribution in [3.63, 3.8) is 0 Å². The lowest BCUT2D eigenvalue weighted by molar-refractivity contribution is -0.167. The van der Waals surface area contributed by atoms with Gasteiger partial charge in [-0.2, -0.15) is 0 Å². The number of benzene rings is 2. The van der Waals surface area contributed by atoms with Gasteiger partial charge in [-0.15, -0.1) is 0 Å². The Kier molecular flexibility index (Phi) is 7.12. The number of nitrogens with one attached hydrogen (secondary N) is 1. The number of anilines is 2. The fourth-order valence-corrected chi connectivity index (χ4v) is 6.59. The highest BCUT2D eigenvalue weighted by Crippen LogP contribution is 2.53. The van der Waals surface area contributed by atoms with Gasteiger partial charge in [0, 0.05) is 49.8 Å². The highest BCUT2D eigenvalue weighted by Gasteiger charge is 2.62. The maximum atomic E-state index is 13.9. The molecule has 2 aromatic rings. The second-order valence-corrected chi connectivity index (χ2v) is 11.2. The van der Waals surface area contributed by atoms with E-state index in [9.17, 15) is 39.6 Å². The lowest BCUT2D eigenvalue weighted by atomic mass is 9.58. The highest BCUT2D eigenvalue weighted by molar-refractivity contribution is 6.17. The van der Waals surface area contributed by atoms with Crippen LogP contribution >= 0.6 is 0 Å². The molecule has 1 fully saturated rings. The number of hydrogen-bond donors (Lipinski definition) is 6. The van der Waals surface area contributed by atoms with E-state index in [0.29, 0.717) is 16.8 Å². The third kappa shape index (κ3) is 4.45. The first-order chi connectivity index (χ1) is 19.4. The molecule has 11 nitrogen and oxygen atoms in total. The Morgan fingerprint density at radius 3 is 2.44 bits per heavy atom. The van der Waals surface area contributed by atoms with E-state index < -0.39 is 52.7 Å². The number of phenolic OH excluding ortho intramolecular Hbond substituents is 1. The molecular weight excluding hydrogens is 530 g/mol. The molecule has 0 spiro atoms. The Morgan fingerprint density at radius 2 is 1.80 bits per heavy atom. The van der Waals surface area contributed by atoms with Crippen molar-refractivity contribution in [2.45, 2.75) is 37.4 Å². The molecule has 7 N–H and O–H groups in total. The summed E-state index contributed by atoms with van der Waals surface area (Å²) in [7, 11) is 3.56. The van der Waals surface area contributed by atoms with Crippen LogP contribution in [0.4, 0.5) is 11.4 Å². The second kappa shape index (κ2) is 10.3. The van der Waals surface area contributed by atoms with Crippen LogP contribution in [0.15, 0.2) is 47.7 Å². The number of Topliss-reactive ketones (excluding diaryl/α,β-unsaturated/α-hetero) is 3. The van der Waals surface area contributed by atoms with Gasteiger partial charge in [0.05, 0.1) is 17.4 Å². The second-order valence-electron chi connectivity index (χ2n) is 11.2. The Bertz CT molecular complexity index is 1480. The summed E-state index contributed by atoms with van der Waals surface area (Å²) in [4.78, 5) is 53.4. The number of amides is 1. The SMILES string of the molecule is CN(C)c1cc(NCCC(=O)c2ccccc2)c(O)c2c1C[C@H]1C[C@H]3CC(O)C(C(N)=O)C(=O)[C@@]3(O)C(O)=C1C2=O. The van der Waals surface area contributed by atoms with Gasteiger partial charge in [0.2, 0.25) is 5.91 Å². The standard InChI is InChI=1S/C30H33N3O8/c1-33(2)19-13-18(32-9-8-20(34)14-6-4-3-5-7-14)25(36)23-17(19)11-15-10-16-12-21(35)24(29(31)40)28(39)30(16,41)27(38)22(15)26(23)37/h3-7,13,15-16,21,24,32,35-36,38,41H,8-12H2,1-2H3,(H2,31,40)/t15-,16+,21?,24?,30+/m1/s1. The van der Waals surface area contributed by atoms with Crippen molar-refractivity contribution < 1.29 is 39.6 Å². The summed E-state index contributed by atoms with van der Waals surface area (Å²) < 4.78 is 0. The Balaban J connectivity index is 1.52. The molecule has 2 aromatic carbocycles. The number of nitrogens with two attached hydrogens (primary N) is 1. The van der Waals surface area contributed by atoms with E-state index in [-0.39, 0.29) is 60.6 Å². The van der Waals surface area contributed by atoms with Crippen molar-refractivity contribution in [3.8, 4) is 5.75 Å². The summed E-state index contributed by atoms with van der Waals surface area (Å²) in [5.41, 5.74) is 4.39. The predicted octanol–water partition coefficient (Wildman–Crippen LogP) is 1.50. The molecule has 0 aliphatic heterocycles. The first kappa shape index (κ1) is 28.3. The molecule has 1 saturated carbocycles. The molecule has 0 saturated heterocycles. The molecule has 2 unspecified atom stereocenters. The van der Waals surface area contributed by atoms with Gasteiger partial charge in [-0.3, -0.25) is 19.2 Å². The number of aliphatic hydroxyl groups excluding tert-OH is 2. The van der Waals surface area contributed by atoms with Crippen molar-refractivity contribution in [1.29, 1.82) is 0 Å². The lowest BCUT2D eigenvalue weighted by Gasteiger charge is -2.48. The van der Waals surface area contributed by atoms with E-state index in [1.807, 2.05) is 6.07 Å². The number of allylic oxidation sites excluding steroid dienone is 1. The first-order valence-electron chi connectivity index (χ1n) is 13.5. The molecule has 0 radical (unpaired) electrons. The maximum Gasteiger partial charge on any atom is 0.230 e. The monoisotopic (exact) mass is 563 g/mol. The van der Waals surface area contributed by atoms with Crippen LogP contribution in [-0.4, -0.2) is 76.0 Å². The molecule has 0 aromatic heterocycles. The fraction of sp³-hybridized carbons (Fsp3) is 0.400. The van der Waals surface area contributed by atoms with Crippen LogP contribution in [0, 0.1) is 17.8 Å². The number of hydrogen-bond acceptors (Lipinski definition) is 10. The zero-order chi connectivity index (χ0) is 29.8. The number of primary amides is 1. The van der Waals surface area contributed by atoms with Crippen molar-refractivity contribution in [1.82, 2.24) is 0 Å². The van der Waals surface area contributed by atoms with E-state index >= 15 is 0 Å². The van der Waals surface area contributed by atoms with Gasteiger partial charge < -0.3 is 36.4 Å². The van der Waals surface area contributed by atoms with Crippen molar-refractivity contribution in [2.24, 2.45) is 23.5 Å². The molecule has 3 aliphatic rings. The largest absolute Gasteiger partial charge is 0.508 e. The maximum absolute atomic E-state index is 13.9. The molecule has 5 rings (SSSR count). The number of fused-ring (bicyclic) bond motifs is 3. The lowest BCUT2D eigenvalue weighted by Crippen LogP contribution is -2.63. The van der Waals surface area contributed by atoms with E-state index in [1.165, 1.54) is 0 Å². The van der Waals surface area contributed by atoms with E-state index in [1.54, 1.807) is 49.3 Å². The molecule has 1 amide bonds. The smallest absolute Gasteiger partial charge is 0.230 e. The van der Waals surface area contributed by atoms with Crippen LogP contribution in [-0.2, 0) is 16.0 Å². The molecule has 41 heavy (non-hydrogen) atoms. The average Bonchev–Trinajstić information content (AvgIpc) is 2.91. The number of ketones is 3. The van der Waals surface area contributed by atoms with Crippen LogP contribution in [0.1, 0.15) is 45.5 Å². The summed E-state index contributed by atoms with van der Waals surface area (Å²) in [5.74, 6) is -7.65. The summed E-state index contributed by atoms with van der Waals surface area (Å²) in [6.07, 6.45) is -1.16. The summed E-state index contributed by atoms with van der Waals surface area (Å²) in [6.45, 7) is 0.171. The van der Waals surface area contributed by atoms with Crippen molar-refractivity contribution >= 4 is 34.6 Å². The zero-order valence-corrected chi connectivity index (χ0v) is 22.8. The van der Waals surface area contributed by atoms with Crippen LogP contribution in [0.25, 0.3) is 0 Å². The highest BCUT2D eigenvalue weighted by atomic mass is 16.3. The fourth-order valence-electron chi connectivity index (χ4n) is 6.59. The number of carbonyl (C=O) groups excluding carboxylic acids is 4. The molecule has 3 aliphatic carbocycles. The Morgan fingerprint density at radius 1 is 1.12 bits per heavy atom. The van der Waals surface area contributed by atoms with Gasteiger partial charge in [-0.25, -0.2) is 0 Å². The number of nitrogens with zero attached hydrogens (tertiary/aromatic N) is 1. The van der Waals surface area contributed by atoms with Gasteiger partial charge in [0.25, 0.3) is 0 Å². The molecule has 216 valence electrons. The number of aliphatic hydroxyl groups is 3. The normalized spacial score (nSPS) is 27.0. The molecule has 5 atom stereocenters. The van der Waals surface area contributed by atoms with E-state index in [4.69, 9.17) is 5.73 Å². The number of phenols is 1. The minimum absolute atomic E-state index is 0.0809. The quantitative estimate of drug-likeness (QED) is 0.163. The third-order valence-corrected chi connectivity index (χ3v) is 8.61. The predicted molar refractivity (Wildman–Crippen MR) is 149 cm³/mol. The van der Waals surface area contributed by atoms with E-state index in [2.05, 4.69) is 5.32 Å². The van der Waals surface area contributed by atoms with Gasteiger partial charge in [0.15, 0.2) is 23.0 Å². The van der Waals surface area contributed by atoms with Crippen LogP contribution in [0.3, 0.4) is 0 Å². The van der Waals surface area contributed by atoms with Crippen LogP contribution in [0.5, 0.6) is 5.75 Å². The minimum atomic E-state index is -2.56. The van der Waals surface area contributed by atoms with Gasteiger partial charge >= 0.3 is 0 Å².